The van der Waals surface area contributed by atoms with Crippen LogP contribution >= 0.6 is 0 Å². The first-order valence-electron chi connectivity index (χ1n) is 8.87. The smallest absolute Gasteiger partial charge is 0.290 e. The number of unbranched alkanes of at least 4 members (excludes halogenated alkanes) is 1. The topological polar surface area (TPSA) is 67.8 Å². The number of benzene rings is 1. The van der Waals surface area contributed by atoms with Crippen LogP contribution in [-0.4, -0.2) is 30.5 Å². The molecule has 0 saturated heterocycles. The first-order chi connectivity index (χ1) is 11.9. The molecule has 1 amide bonds. The van der Waals surface area contributed by atoms with Gasteiger partial charge >= 0.3 is 0 Å². The number of para-hydroxylation sites is 1. The number of carbonyl (C=O) groups excluding carboxylic acids is 1. The van der Waals surface area contributed by atoms with Crippen molar-refractivity contribution in [2.24, 2.45) is 11.3 Å². The third-order valence-electron chi connectivity index (χ3n) is 4.28. The summed E-state index contributed by atoms with van der Waals surface area (Å²) in [6, 6.07) is 9.32. The second kappa shape index (κ2) is 9.02. The normalized spacial score (nSPS) is 20.6. The Morgan fingerprint density at radius 3 is 2.64 bits per heavy atom. The summed E-state index contributed by atoms with van der Waals surface area (Å²) in [4.78, 5) is 12.6. The van der Waals surface area contributed by atoms with E-state index in [2.05, 4.69) is 26.1 Å². The lowest BCUT2D eigenvalue weighted by Crippen LogP contribution is -2.34. The summed E-state index contributed by atoms with van der Waals surface area (Å²) < 4.78 is 11.6. The molecule has 2 N–H and O–H groups in total. The molecule has 138 valence electrons. The van der Waals surface area contributed by atoms with Gasteiger partial charge in [0.05, 0.1) is 6.61 Å². The van der Waals surface area contributed by atoms with Crippen LogP contribution in [0, 0.1) is 11.3 Å². The number of allylic oxidation sites excluding steroid dienone is 1. The maximum absolute atomic E-state index is 12.6. The summed E-state index contributed by atoms with van der Waals surface area (Å²) in [5.74, 6) is 0.229. The Morgan fingerprint density at radius 1 is 1.28 bits per heavy atom. The summed E-state index contributed by atoms with van der Waals surface area (Å²) >= 11 is 0. The quantitative estimate of drug-likeness (QED) is 0.738. The van der Waals surface area contributed by atoms with Gasteiger partial charge in [-0.1, -0.05) is 39.0 Å². The van der Waals surface area contributed by atoms with Crippen molar-refractivity contribution in [2.45, 2.75) is 46.3 Å². The summed E-state index contributed by atoms with van der Waals surface area (Å²) in [5, 5.41) is 11.7. The molecule has 2 rings (SSSR count). The second-order valence-electron chi connectivity index (χ2n) is 7.41. The fourth-order valence-electron chi connectivity index (χ4n) is 2.66. The van der Waals surface area contributed by atoms with Crippen LogP contribution in [0.4, 0.5) is 5.69 Å². The van der Waals surface area contributed by atoms with Crippen LogP contribution in [0.5, 0.6) is 0 Å². The van der Waals surface area contributed by atoms with Gasteiger partial charge in [-0.25, -0.2) is 0 Å². The Kier molecular flexibility index (Phi) is 7.02. The highest BCUT2D eigenvalue weighted by molar-refractivity contribution is 6.02. The molecule has 0 radical (unpaired) electrons. The Labute approximate surface area is 150 Å². The van der Waals surface area contributed by atoms with Crippen molar-refractivity contribution in [3.8, 4) is 0 Å². The number of hydrogen-bond donors (Lipinski definition) is 2. The van der Waals surface area contributed by atoms with Crippen molar-refractivity contribution in [3.05, 3.63) is 42.2 Å². The Balaban J connectivity index is 2.05. The number of ether oxygens (including phenoxy) is 2. The summed E-state index contributed by atoms with van der Waals surface area (Å²) in [6.45, 7) is 7.11. The van der Waals surface area contributed by atoms with E-state index >= 15 is 0 Å². The number of amides is 1. The standard InChI is InChI=1S/C20H29NO4/c1-20(2,3)15-13-17(19(23)21-16-9-5-4-6-10-16)25-18(14-15)24-12-8-7-11-22/h4-6,9-10,13,15,18,22H,7-8,11-12,14H2,1-3H3,(H,21,23)/t15-,18+/m0/s1. The van der Waals surface area contributed by atoms with E-state index in [1.807, 2.05) is 36.4 Å². The molecular weight excluding hydrogens is 318 g/mol. The largest absolute Gasteiger partial charge is 0.459 e. The minimum Gasteiger partial charge on any atom is -0.459 e. The van der Waals surface area contributed by atoms with E-state index in [1.54, 1.807) is 0 Å². The van der Waals surface area contributed by atoms with Crippen molar-refractivity contribution in [3.63, 3.8) is 0 Å². The molecule has 0 saturated carbocycles. The monoisotopic (exact) mass is 347 g/mol. The molecule has 0 fully saturated rings. The maximum Gasteiger partial charge on any atom is 0.290 e. The van der Waals surface area contributed by atoms with E-state index in [4.69, 9.17) is 14.6 Å². The average molecular weight is 347 g/mol. The lowest BCUT2D eigenvalue weighted by atomic mass is 9.77. The molecule has 2 atom stereocenters. The van der Waals surface area contributed by atoms with Crippen molar-refractivity contribution in [1.29, 1.82) is 0 Å². The van der Waals surface area contributed by atoms with Gasteiger partial charge in [-0.05, 0) is 42.4 Å². The van der Waals surface area contributed by atoms with Crippen LogP contribution in [0.3, 0.4) is 0 Å². The molecule has 0 aliphatic carbocycles. The van der Waals surface area contributed by atoms with E-state index in [1.165, 1.54) is 0 Å². The van der Waals surface area contributed by atoms with E-state index in [0.29, 0.717) is 25.2 Å². The first-order valence-corrected chi connectivity index (χ1v) is 8.87. The van der Waals surface area contributed by atoms with Crippen LogP contribution in [-0.2, 0) is 14.3 Å². The van der Waals surface area contributed by atoms with Gasteiger partial charge in [0.25, 0.3) is 5.91 Å². The molecule has 1 aliphatic heterocycles. The van der Waals surface area contributed by atoms with E-state index in [9.17, 15) is 4.79 Å². The van der Waals surface area contributed by atoms with Gasteiger partial charge in [0.1, 0.15) is 0 Å². The third kappa shape index (κ3) is 6.18. The van der Waals surface area contributed by atoms with Gasteiger partial charge < -0.3 is 19.9 Å². The number of carbonyl (C=O) groups is 1. The molecule has 0 spiro atoms. The van der Waals surface area contributed by atoms with Crippen LogP contribution in [0.15, 0.2) is 42.2 Å². The fourth-order valence-corrected chi connectivity index (χ4v) is 2.66. The average Bonchev–Trinajstić information content (AvgIpc) is 2.58. The van der Waals surface area contributed by atoms with Gasteiger partial charge in [-0.3, -0.25) is 4.79 Å². The fraction of sp³-hybridized carbons (Fsp3) is 0.550. The molecule has 0 aromatic heterocycles. The van der Waals surface area contributed by atoms with Gasteiger partial charge in [0, 0.05) is 18.7 Å². The minimum absolute atomic E-state index is 0.00870. The van der Waals surface area contributed by atoms with E-state index in [0.717, 1.165) is 12.1 Å². The Bertz CT molecular complexity index is 577. The predicted molar refractivity (Wildman–Crippen MR) is 97.9 cm³/mol. The maximum atomic E-state index is 12.6. The minimum atomic E-state index is -0.440. The van der Waals surface area contributed by atoms with Gasteiger partial charge in [-0.2, -0.15) is 0 Å². The zero-order valence-electron chi connectivity index (χ0n) is 15.3. The number of nitrogens with one attached hydrogen (secondary N) is 1. The van der Waals surface area contributed by atoms with Crippen LogP contribution in [0.1, 0.15) is 40.0 Å². The third-order valence-corrected chi connectivity index (χ3v) is 4.28. The number of aliphatic hydroxyl groups excluding tert-OH is 1. The number of rotatable bonds is 7. The van der Waals surface area contributed by atoms with Gasteiger partial charge in [0.2, 0.25) is 6.29 Å². The molecule has 0 unspecified atom stereocenters. The van der Waals surface area contributed by atoms with Crippen molar-refractivity contribution < 1.29 is 19.4 Å². The molecule has 1 aromatic carbocycles. The highest BCUT2D eigenvalue weighted by atomic mass is 16.7. The van der Waals surface area contributed by atoms with E-state index < -0.39 is 6.29 Å². The van der Waals surface area contributed by atoms with Gasteiger partial charge in [-0.15, -0.1) is 0 Å². The van der Waals surface area contributed by atoms with Gasteiger partial charge in [0.15, 0.2) is 5.76 Å². The summed E-state index contributed by atoms with van der Waals surface area (Å²) in [6.07, 6.45) is 3.65. The number of hydrogen-bond acceptors (Lipinski definition) is 4. The predicted octanol–water partition coefficient (Wildman–Crippen LogP) is 3.71. The molecular formula is C20H29NO4. The Hall–Kier alpha value is -1.85. The molecule has 1 aromatic rings. The number of aliphatic hydroxyl groups is 1. The first kappa shape index (κ1) is 19.5. The van der Waals surface area contributed by atoms with Crippen LogP contribution in [0.25, 0.3) is 0 Å². The lowest BCUT2D eigenvalue weighted by Gasteiger charge is -2.35. The van der Waals surface area contributed by atoms with E-state index in [-0.39, 0.29) is 23.8 Å². The highest BCUT2D eigenvalue weighted by Gasteiger charge is 2.34. The Morgan fingerprint density at radius 2 is 2.00 bits per heavy atom. The van der Waals surface area contributed by atoms with Crippen molar-refractivity contribution in [2.75, 3.05) is 18.5 Å². The molecule has 5 heteroatoms. The van der Waals surface area contributed by atoms with Crippen molar-refractivity contribution in [1.82, 2.24) is 0 Å². The molecule has 1 heterocycles. The zero-order valence-corrected chi connectivity index (χ0v) is 15.3. The second-order valence-corrected chi connectivity index (χ2v) is 7.41. The van der Waals surface area contributed by atoms with Crippen LogP contribution in [0.2, 0.25) is 0 Å². The SMILES string of the molecule is CC(C)(C)[C@H]1C=C(C(=O)Nc2ccccc2)O[C@@H](OCCCCO)C1. The summed E-state index contributed by atoms with van der Waals surface area (Å²) in [5.41, 5.74) is 0.740. The molecule has 25 heavy (non-hydrogen) atoms. The highest BCUT2D eigenvalue weighted by Crippen LogP contribution is 2.36. The molecule has 5 nitrogen and oxygen atoms in total. The number of anilines is 1. The lowest BCUT2D eigenvalue weighted by molar-refractivity contribution is -0.150. The van der Waals surface area contributed by atoms with Crippen molar-refractivity contribution >= 4 is 11.6 Å². The molecule has 1 aliphatic rings. The summed E-state index contributed by atoms with van der Waals surface area (Å²) in [7, 11) is 0. The van der Waals surface area contributed by atoms with Crippen LogP contribution < -0.4 is 5.32 Å². The zero-order chi connectivity index (χ0) is 18.3. The molecule has 0 bridgehead atoms.